The SMILES string of the molecule is O=C(O)C1CC2CN1C(=O)N(C(=O)c1ccccc1)O2. The molecule has 0 aromatic heterocycles. The van der Waals surface area contributed by atoms with Crippen LogP contribution >= 0.6 is 0 Å². The normalized spacial score (nSPS) is 24.9. The number of carboxylic acids is 1. The lowest BCUT2D eigenvalue weighted by molar-refractivity contribution is -0.147. The van der Waals surface area contributed by atoms with Gasteiger partial charge in [-0.1, -0.05) is 18.2 Å². The number of imide groups is 1. The minimum absolute atomic E-state index is 0.194. The predicted octanol–water partition coefficient (Wildman–Crippen LogP) is 0.721. The number of fused-ring (bicyclic) bond motifs is 2. The van der Waals surface area contributed by atoms with Crippen molar-refractivity contribution in [3.8, 4) is 0 Å². The van der Waals surface area contributed by atoms with E-state index in [-0.39, 0.29) is 13.0 Å². The van der Waals surface area contributed by atoms with Crippen LogP contribution in [0.2, 0.25) is 0 Å². The highest BCUT2D eigenvalue weighted by Gasteiger charge is 2.49. The summed E-state index contributed by atoms with van der Waals surface area (Å²) in [6.07, 6.45) is -0.263. The van der Waals surface area contributed by atoms with E-state index in [0.717, 1.165) is 4.90 Å². The van der Waals surface area contributed by atoms with Crippen molar-refractivity contribution in [3.05, 3.63) is 35.9 Å². The van der Waals surface area contributed by atoms with E-state index in [1.165, 1.54) is 0 Å². The highest BCUT2D eigenvalue weighted by Crippen LogP contribution is 2.29. The minimum Gasteiger partial charge on any atom is -0.480 e. The van der Waals surface area contributed by atoms with Crippen molar-refractivity contribution in [1.82, 2.24) is 9.96 Å². The molecule has 2 bridgehead atoms. The molecule has 0 saturated carbocycles. The fourth-order valence-corrected chi connectivity index (χ4v) is 2.46. The zero-order valence-electron chi connectivity index (χ0n) is 10.4. The first-order chi connectivity index (χ1) is 9.58. The van der Waals surface area contributed by atoms with E-state index in [1.54, 1.807) is 30.3 Å². The molecular formula is C13H12N2O5. The maximum absolute atomic E-state index is 12.2. The molecule has 2 aliphatic rings. The molecule has 3 amide bonds. The first-order valence-corrected chi connectivity index (χ1v) is 6.17. The van der Waals surface area contributed by atoms with Crippen LogP contribution in [0.25, 0.3) is 0 Å². The van der Waals surface area contributed by atoms with E-state index in [0.29, 0.717) is 10.6 Å². The Hall–Kier alpha value is -2.41. The van der Waals surface area contributed by atoms with E-state index >= 15 is 0 Å². The van der Waals surface area contributed by atoms with Crippen molar-refractivity contribution < 1.29 is 24.3 Å². The molecule has 20 heavy (non-hydrogen) atoms. The number of hydrogen-bond donors (Lipinski definition) is 1. The van der Waals surface area contributed by atoms with Crippen LogP contribution in [0.15, 0.2) is 30.3 Å². The summed E-state index contributed by atoms with van der Waals surface area (Å²) in [4.78, 5) is 41.9. The minimum atomic E-state index is -1.08. The number of rotatable bonds is 2. The van der Waals surface area contributed by atoms with Gasteiger partial charge >= 0.3 is 12.0 Å². The third-order valence-corrected chi connectivity index (χ3v) is 3.43. The van der Waals surface area contributed by atoms with Gasteiger partial charge in [0, 0.05) is 12.0 Å². The molecule has 7 nitrogen and oxygen atoms in total. The molecule has 2 aliphatic heterocycles. The summed E-state index contributed by atoms with van der Waals surface area (Å²) < 4.78 is 0. The fraction of sp³-hybridized carbons (Fsp3) is 0.308. The van der Waals surface area contributed by atoms with Gasteiger partial charge in [0.05, 0.1) is 6.54 Å². The number of hydroxylamine groups is 2. The van der Waals surface area contributed by atoms with Crippen molar-refractivity contribution in [3.63, 3.8) is 0 Å². The lowest BCUT2D eigenvalue weighted by Crippen LogP contribution is -2.53. The maximum atomic E-state index is 12.2. The standard InChI is InChI=1S/C13H12N2O5/c16-11(8-4-2-1-3-5-8)15-13(19)14-7-9(20-15)6-10(14)12(17)18/h1-5,9-10H,6-7H2,(H,17,18). The monoisotopic (exact) mass is 276 g/mol. The largest absolute Gasteiger partial charge is 0.480 e. The lowest BCUT2D eigenvalue weighted by atomic mass is 10.2. The second-order valence-corrected chi connectivity index (χ2v) is 4.72. The summed E-state index contributed by atoms with van der Waals surface area (Å²) in [5.41, 5.74) is 0.315. The van der Waals surface area contributed by atoms with Gasteiger partial charge in [0.2, 0.25) is 0 Å². The number of amides is 3. The van der Waals surface area contributed by atoms with Crippen molar-refractivity contribution in [2.24, 2.45) is 0 Å². The second-order valence-electron chi connectivity index (χ2n) is 4.72. The Morgan fingerprint density at radius 1 is 1.25 bits per heavy atom. The average molecular weight is 276 g/mol. The number of benzene rings is 1. The van der Waals surface area contributed by atoms with Gasteiger partial charge < -0.3 is 10.0 Å². The predicted molar refractivity (Wildman–Crippen MR) is 65.6 cm³/mol. The third-order valence-electron chi connectivity index (χ3n) is 3.43. The van der Waals surface area contributed by atoms with E-state index in [4.69, 9.17) is 9.94 Å². The summed E-state index contributed by atoms with van der Waals surface area (Å²) in [5, 5.41) is 9.73. The molecule has 2 heterocycles. The Balaban J connectivity index is 1.85. The number of urea groups is 1. The van der Waals surface area contributed by atoms with Gasteiger partial charge in [0.25, 0.3) is 5.91 Å². The number of aliphatic carboxylic acids is 1. The molecule has 104 valence electrons. The molecule has 1 aromatic rings. The van der Waals surface area contributed by atoms with E-state index in [2.05, 4.69) is 0 Å². The Morgan fingerprint density at radius 2 is 1.95 bits per heavy atom. The molecule has 2 saturated heterocycles. The number of carboxylic acid groups (broad SMARTS) is 1. The van der Waals surface area contributed by atoms with Crippen LogP contribution in [-0.2, 0) is 9.63 Å². The Morgan fingerprint density at radius 3 is 2.60 bits per heavy atom. The molecule has 1 aromatic carbocycles. The summed E-state index contributed by atoms with van der Waals surface area (Å²) in [6.45, 7) is 0.203. The van der Waals surface area contributed by atoms with Gasteiger partial charge in [-0.05, 0) is 12.1 Å². The van der Waals surface area contributed by atoms with Gasteiger partial charge in [-0.25, -0.2) is 9.59 Å². The molecule has 0 radical (unpaired) electrons. The Bertz CT molecular complexity index is 573. The summed E-state index contributed by atoms with van der Waals surface area (Å²) in [5.74, 6) is -1.67. The first-order valence-electron chi connectivity index (χ1n) is 6.17. The number of hydrogen-bond acceptors (Lipinski definition) is 4. The van der Waals surface area contributed by atoms with E-state index < -0.39 is 30.1 Å². The molecule has 2 atom stereocenters. The first kappa shape index (κ1) is 12.6. The van der Waals surface area contributed by atoms with Crippen LogP contribution in [0.5, 0.6) is 0 Å². The topological polar surface area (TPSA) is 87.2 Å². The van der Waals surface area contributed by atoms with Crippen LogP contribution in [-0.4, -0.2) is 51.7 Å². The molecule has 1 N–H and O–H groups in total. The van der Waals surface area contributed by atoms with Crippen LogP contribution in [0.1, 0.15) is 16.8 Å². The Kier molecular flexibility index (Phi) is 2.90. The summed E-state index contributed by atoms with van der Waals surface area (Å²) >= 11 is 0. The molecular weight excluding hydrogens is 264 g/mol. The van der Waals surface area contributed by atoms with Gasteiger partial charge in [0.1, 0.15) is 12.1 Å². The number of carbonyl (C=O) groups excluding carboxylic acids is 2. The van der Waals surface area contributed by atoms with E-state index in [1.807, 2.05) is 0 Å². The smallest absolute Gasteiger partial charge is 0.352 e. The molecule has 2 unspecified atom stereocenters. The highest BCUT2D eigenvalue weighted by molar-refractivity contribution is 6.04. The zero-order valence-corrected chi connectivity index (χ0v) is 10.4. The Labute approximate surface area is 114 Å². The van der Waals surface area contributed by atoms with E-state index in [9.17, 15) is 14.4 Å². The van der Waals surface area contributed by atoms with Gasteiger partial charge in [-0.15, -0.1) is 5.06 Å². The maximum Gasteiger partial charge on any atom is 0.352 e. The van der Waals surface area contributed by atoms with Crippen molar-refractivity contribution in [2.75, 3.05) is 6.54 Å². The van der Waals surface area contributed by atoms with Gasteiger partial charge in [-0.3, -0.25) is 9.63 Å². The number of carbonyl (C=O) groups is 3. The molecule has 7 heteroatoms. The van der Waals surface area contributed by atoms with Crippen LogP contribution in [0, 0.1) is 0 Å². The van der Waals surface area contributed by atoms with Crippen molar-refractivity contribution in [1.29, 1.82) is 0 Å². The van der Waals surface area contributed by atoms with Gasteiger partial charge in [-0.2, -0.15) is 0 Å². The quantitative estimate of drug-likeness (QED) is 0.860. The molecule has 0 spiro atoms. The summed E-state index contributed by atoms with van der Waals surface area (Å²) in [6, 6.07) is 6.59. The van der Waals surface area contributed by atoms with Crippen molar-refractivity contribution in [2.45, 2.75) is 18.6 Å². The zero-order chi connectivity index (χ0) is 14.3. The second kappa shape index (κ2) is 4.61. The average Bonchev–Trinajstić information content (AvgIpc) is 2.83. The molecule has 0 aliphatic carbocycles. The highest BCUT2D eigenvalue weighted by atomic mass is 16.7. The van der Waals surface area contributed by atoms with Crippen LogP contribution < -0.4 is 0 Å². The number of nitrogens with zero attached hydrogens (tertiary/aromatic N) is 2. The lowest BCUT2D eigenvalue weighted by Gasteiger charge is -2.32. The summed E-state index contributed by atoms with van der Waals surface area (Å²) in [7, 11) is 0. The van der Waals surface area contributed by atoms with Crippen molar-refractivity contribution >= 4 is 17.9 Å². The van der Waals surface area contributed by atoms with Crippen LogP contribution in [0.4, 0.5) is 4.79 Å². The van der Waals surface area contributed by atoms with Crippen LogP contribution in [0.3, 0.4) is 0 Å². The third kappa shape index (κ3) is 1.92. The fourth-order valence-electron chi connectivity index (χ4n) is 2.46. The van der Waals surface area contributed by atoms with Gasteiger partial charge in [0.15, 0.2) is 0 Å². The molecule has 3 rings (SSSR count). The molecule has 2 fully saturated rings.